The van der Waals surface area contributed by atoms with Gasteiger partial charge < -0.3 is 10.6 Å². The molecule has 4 rings (SSSR count). The fourth-order valence-corrected chi connectivity index (χ4v) is 2.65. The minimum atomic E-state index is 0.642. The van der Waals surface area contributed by atoms with Gasteiger partial charge in [-0.1, -0.05) is 18.2 Å². The van der Waals surface area contributed by atoms with Crippen molar-refractivity contribution in [1.82, 2.24) is 19.9 Å². The summed E-state index contributed by atoms with van der Waals surface area (Å²) >= 11 is 0. The molecule has 100 valence electrons. The van der Waals surface area contributed by atoms with Gasteiger partial charge in [-0.05, 0) is 42.3 Å². The highest BCUT2D eigenvalue weighted by molar-refractivity contribution is 5.62. The number of fused-ring (bicyclic) bond motifs is 2. The summed E-state index contributed by atoms with van der Waals surface area (Å²) in [5, 5.41) is 11.2. The van der Waals surface area contributed by atoms with Crippen LogP contribution in [0.3, 0.4) is 0 Å². The molecule has 0 aliphatic carbocycles. The Morgan fingerprint density at radius 1 is 1.15 bits per heavy atom. The highest BCUT2D eigenvalue weighted by Crippen LogP contribution is 2.25. The molecular formula is C15H15N5. The number of hydrogen-bond acceptors (Lipinski definition) is 4. The van der Waals surface area contributed by atoms with E-state index in [9.17, 15) is 0 Å². The third-order valence-corrected chi connectivity index (χ3v) is 3.63. The molecule has 0 bridgehead atoms. The Bertz CT molecular complexity index is 729. The van der Waals surface area contributed by atoms with E-state index in [1.165, 1.54) is 11.1 Å². The lowest BCUT2D eigenvalue weighted by molar-refractivity contribution is 0.645. The minimum absolute atomic E-state index is 0.642. The van der Waals surface area contributed by atoms with Gasteiger partial charge in [-0.3, -0.25) is 0 Å². The molecule has 0 amide bonds. The van der Waals surface area contributed by atoms with Crippen molar-refractivity contribution in [2.24, 2.45) is 0 Å². The van der Waals surface area contributed by atoms with Crippen LogP contribution in [0.25, 0.3) is 5.65 Å². The third kappa shape index (κ3) is 1.92. The summed E-state index contributed by atoms with van der Waals surface area (Å²) in [6.45, 7) is 1.95. The van der Waals surface area contributed by atoms with Crippen LogP contribution in [0.2, 0.25) is 0 Å². The molecule has 3 heterocycles. The Labute approximate surface area is 116 Å². The summed E-state index contributed by atoms with van der Waals surface area (Å²) in [4.78, 5) is 4.48. The maximum Gasteiger partial charge on any atom is 0.247 e. The first-order valence-corrected chi connectivity index (χ1v) is 6.80. The van der Waals surface area contributed by atoms with Gasteiger partial charge in [0.2, 0.25) is 5.95 Å². The lowest BCUT2D eigenvalue weighted by Crippen LogP contribution is -2.24. The van der Waals surface area contributed by atoms with E-state index in [1.54, 1.807) is 4.52 Å². The molecule has 0 fully saturated rings. The molecule has 3 aromatic rings. The standard InChI is InChI=1S/C15H15N5/c1-2-9-20-14(6-1)18-15(19-20)17-13-5-3-4-11-10-16-8-7-12(11)13/h1-6,9,16H,7-8,10H2,(H,17,19). The number of nitrogens with one attached hydrogen (secondary N) is 2. The molecule has 1 aliphatic rings. The molecule has 20 heavy (non-hydrogen) atoms. The molecule has 0 spiro atoms. The van der Waals surface area contributed by atoms with Gasteiger partial charge in [0.15, 0.2) is 5.65 Å². The number of anilines is 2. The van der Waals surface area contributed by atoms with E-state index in [1.807, 2.05) is 24.4 Å². The van der Waals surface area contributed by atoms with Gasteiger partial charge >= 0.3 is 0 Å². The summed E-state index contributed by atoms with van der Waals surface area (Å²) in [5.74, 6) is 0.642. The molecule has 1 aromatic carbocycles. The molecule has 1 aliphatic heterocycles. The highest BCUT2D eigenvalue weighted by Gasteiger charge is 2.13. The molecule has 2 aromatic heterocycles. The van der Waals surface area contributed by atoms with E-state index in [-0.39, 0.29) is 0 Å². The van der Waals surface area contributed by atoms with Crippen LogP contribution < -0.4 is 10.6 Å². The molecule has 0 radical (unpaired) electrons. The molecule has 0 unspecified atom stereocenters. The van der Waals surface area contributed by atoms with Gasteiger partial charge in [-0.25, -0.2) is 4.52 Å². The number of nitrogens with zero attached hydrogens (tertiary/aromatic N) is 3. The highest BCUT2D eigenvalue weighted by atomic mass is 15.3. The minimum Gasteiger partial charge on any atom is -0.323 e. The largest absolute Gasteiger partial charge is 0.323 e. The lowest BCUT2D eigenvalue weighted by atomic mass is 9.99. The van der Waals surface area contributed by atoms with E-state index >= 15 is 0 Å². The fourth-order valence-electron chi connectivity index (χ4n) is 2.65. The van der Waals surface area contributed by atoms with Crippen LogP contribution in [0.4, 0.5) is 11.6 Å². The van der Waals surface area contributed by atoms with E-state index in [2.05, 4.69) is 38.9 Å². The maximum absolute atomic E-state index is 4.48. The Balaban J connectivity index is 1.72. The summed E-state index contributed by atoms with van der Waals surface area (Å²) < 4.78 is 1.78. The van der Waals surface area contributed by atoms with Crippen LogP contribution in [-0.2, 0) is 13.0 Å². The van der Waals surface area contributed by atoms with E-state index in [0.717, 1.165) is 30.8 Å². The first-order chi connectivity index (χ1) is 9.90. The van der Waals surface area contributed by atoms with Crippen molar-refractivity contribution in [2.45, 2.75) is 13.0 Å². The average molecular weight is 265 g/mol. The quantitative estimate of drug-likeness (QED) is 0.745. The number of benzene rings is 1. The Kier molecular flexibility index (Phi) is 2.63. The van der Waals surface area contributed by atoms with Crippen molar-refractivity contribution in [3.8, 4) is 0 Å². The third-order valence-electron chi connectivity index (χ3n) is 3.63. The monoisotopic (exact) mass is 265 g/mol. The summed E-state index contributed by atoms with van der Waals surface area (Å²) in [6, 6.07) is 12.2. The first-order valence-electron chi connectivity index (χ1n) is 6.80. The van der Waals surface area contributed by atoms with Crippen LogP contribution in [0, 0.1) is 0 Å². The van der Waals surface area contributed by atoms with Gasteiger partial charge in [0, 0.05) is 18.4 Å². The molecule has 0 saturated heterocycles. The van der Waals surface area contributed by atoms with Crippen LogP contribution in [0.5, 0.6) is 0 Å². The fraction of sp³-hybridized carbons (Fsp3) is 0.200. The number of rotatable bonds is 2. The van der Waals surface area contributed by atoms with Gasteiger partial charge in [-0.15, -0.1) is 5.10 Å². The zero-order valence-corrected chi connectivity index (χ0v) is 11.0. The summed E-state index contributed by atoms with van der Waals surface area (Å²) in [5.41, 5.74) is 4.68. The lowest BCUT2D eigenvalue weighted by Gasteiger charge is -2.20. The van der Waals surface area contributed by atoms with E-state index < -0.39 is 0 Å². The SMILES string of the molecule is c1cc2c(c(Nc3nc4ccccn4n3)c1)CCNC2. The molecule has 2 N–H and O–H groups in total. The first kappa shape index (κ1) is 11.4. The number of aromatic nitrogens is 3. The normalized spacial score (nSPS) is 14.2. The Hall–Kier alpha value is -2.40. The van der Waals surface area contributed by atoms with Crippen molar-refractivity contribution in [3.05, 3.63) is 53.7 Å². The van der Waals surface area contributed by atoms with Gasteiger partial charge in [-0.2, -0.15) is 4.98 Å². The van der Waals surface area contributed by atoms with E-state index in [4.69, 9.17) is 0 Å². The second-order valence-corrected chi connectivity index (χ2v) is 4.93. The van der Waals surface area contributed by atoms with E-state index in [0.29, 0.717) is 5.95 Å². The molecule has 0 atom stereocenters. The molecular weight excluding hydrogens is 250 g/mol. The van der Waals surface area contributed by atoms with Crippen molar-refractivity contribution >= 4 is 17.3 Å². The Morgan fingerprint density at radius 3 is 3.10 bits per heavy atom. The summed E-state index contributed by atoms with van der Waals surface area (Å²) in [6.07, 6.45) is 2.93. The number of hydrogen-bond donors (Lipinski definition) is 2. The predicted octanol–water partition coefficient (Wildman–Crippen LogP) is 2.12. The average Bonchev–Trinajstić information content (AvgIpc) is 2.90. The van der Waals surface area contributed by atoms with Crippen LogP contribution in [0.15, 0.2) is 42.6 Å². The van der Waals surface area contributed by atoms with Gasteiger partial charge in [0.05, 0.1) is 0 Å². The topological polar surface area (TPSA) is 54.2 Å². The van der Waals surface area contributed by atoms with Crippen LogP contribution >= 0.6 is 0 Å². The second kappa shape index (κ2) is 4.61. The predicted molar refractivity (Wildman–Crippen MR) is 78.1 cm³/mol. The van der Waals surface area contributed by atoms with Crippen molar-refractivity contribution in [2.75, 3.05) is 11.9 Å². The Morgan fingerprint density at radius 2 is 2.15 bits per heavy atom. The zero-order valence-electron chi connectivity index (χ0n) is 11.0. The molecule has 0 saturated carbocycles. The van der Waals surface area contributed by atoms with Gasteiger partial charge in [0.1, 0.15) is 0 Å². The smallest absolute Gasteiger partial charge is 0.247 e. The summed E-state index contributed by atoms with van der Waals surface area (Å²) in [7, 11) is 0. The van der Waals surface area contributed by atoms with Crippen molar-refractivity contribution in [1.29, 1.82) is 0 Å². The zero-order chi connectivity index (χ0) is 13.4. The van der Waals surface area contributed by atoms with Crippen LogP contribution in [-0.4, -0.2) is 21.1 Å². The van der Waals surface area contributed by atoms with Gasteiger partial charge in [0.25, 0.3) is 0 Å². The van der Waals surface area contributed by atoms with Crippen molar-refractivity contribution < 1.29 is 0 Å². The number of pyridine rings is 1. The molecule has 5 heteroatoms. The van der Waals surface area contributed by atoms with Crippen LogP contribution in [0.1, 0.15) is 11.1 Å². The van der Waals surface area contributed by atoms with Crippen molar-refractivity contribution in [3.63, 3.8) is 0 Å². The maximum atomic E-state index is 4.48. The molecule has 5 nitrogen and oxygen atoms in total. The second-order valence-electron chi connectivity index (χ2n) is 4.93.